The quantitative estimate of drug-likeness (QED) is 0.543. The molecule has 0 amide bonds. The Kier molecular flexibility index (Phi) is 2.39. The van der Waals surface area contributed by atoms with Gasteiger partial charge in [-0.3, -0.25) is 0 Å². The van der Waals surface area contributed by atoms with Gasteiger partial charge in [-0.15, -0.1) is 0 Å². The highest BCUT2D eigenvalue weighted by Crippen LogP contribution is 2.26. The molecular formula is C11H14N2O. The molecule has 0 aromatic heterocycles. The maximum absolute atomic E-state index is 8.87. The van der Waals surface area contributed by atoms with Crippen LogP contribution in [0.2, 0.25) is 0 Å². The first kappa shape index (κ1) is 9.06. The van der Waals surface area contributed by atoms with Crippen molar-refractivity contribution in [3.05, 3.63) is 29.8 Å². The fourth-order valence-electron chi connectivity index (χ4n) is 1.92. The van der Waals surface area contributed by atoms with Crippen molar-refractivity contribution in [2.75, 3.05) is 18.0 Å². The van der Waals surface area contributed by atoms with Crippen molar-refractivity contribution in [1.29, 1.82) is 0 Å². The lowest BCUT2D eigenvalue weighted by Crippen LogP contribution is -2.32. The molecule has 0 saturated carbocycles. The summed E-state index contributed by atoms with van der Waals surface area (Å²) < 4.78 is 0. The number of hydrogen-bond acceptors (Lipinski definition) is 3. The molecule has 3 heteroatoms. The zero-order chi connectivity index (χ0) is 9.97. The molecule has 1 aliphatic rings. The Morgan fingerprint density at radius 1 is 1.43 bits per heavy atom. The summed E-state index contributed by atoms with van der Waals surface area (Å²) in [4.78, 5) is 2.30. The van der Waals surface area contributed by atoms with E-state index in [0.717, 1.165) is 30.8 Å². The monoisotopic (exact) mass is 190 g/mol. The molecule has 0 unspecified atom stereocenters. The van der Waals surface area contributed by atoms with E-state index < -0.39 is 0 Å². The predicted octanol–water partition coefficient (Wildman–Crippen LogP) is 2.09. The van der Waals surface area contributed by atoms with Crippen molar-refractivity contribution in [2.45, 2.75) is 13.3 Å². The van der Waals surface area contributed by atoms with E-state index in [1.54, 1.807) is 0 Å². The molecule has 1 aromatic rings. The number of rotatable bonds is 1. The Balaban J connectivity index is 2.49. The topological polar surface area (TPSA) is 35.8 Å². The van der Waals surface area contributed by atoms with Crippen LogP contribution in [-0.4, -0.2) is 24.0 Å². The molecule has 0 spiro atoms. The molecular weight excluding hydrogens is 176 g/mol. The van der Waals surface area contributed by atoms with Gasteiger partial charge in [-0.25, -0.2) is 0 Å². The van der Waals surface area contributed by atoms with Gasteiger partial charge in [0.05, 0.1) is 5.71 Å². The molecule has 0 aliphatic carbocycles. The minimum Gasteiger partial charge on any atom is -0.411 e. The number of oxime groups is 1. The van der Waals surface area contributed by atoms with Crippen LogP contribution in [0.5, 0.6) is 0 Å². The molecule has 0 bridgehead atoms. The summed E-state index contributed by atoms with van der Waals surface area (Å²) in [6.45, 7) is 4.07. The molecule has 0 saturated heterocycles. The number of anilines is 1. The highest BCUT2D eigenvalue weighted by Gasteiger charge is 2.19. The molecule has 1 heterocycles. The molecule has 3 nitrogen and oxygen atoms in total. The van der Waals surface area contributed by atoms with Gasteiger partial charge >= 0.3 is 0 Å². The number of nitrogens with zero attached hydrogens (tertiary/aromatic N) is 2. The molecule has 74 valence electrons. The van der Waals surface area contributed by atoms with Gasteiger partial charge in [-0.1, -0.05) is 23.4 Å². The van der Waals surface area contributed by atoms with Crippen LogP contribution < -0.4 is 4.90 Å². The van der Waals surface area contributed by atoms with Gasteiger partial charge < -0.3 is 10.1 Å². The highest BCUT2D eigenvalue weighted by molar-refractivity contribution is 6.06. The van der Waals surface area contributed by atoms with E-state index in [4.69, 9.17) is 5.21 Å². The molecule has 0 radical (unpaired) electrons. The largest absolute Gasteiger partial charge is 0.411 e. The van der Waals surface area contributed by atoms with Crippen molar-refractivity contribution in [3.63, 3.8) is 0 Å². The van der Waals surface area contributed by atoms with E-state index in [9.17, 15) is 0 Å². The van der Waals surface area contributed by atoms with Crippen LogP contribution in [0.25, 0.3) is 0 Å². The second-order valence-electron chi connectivity index (χ2n) is 3.39. The first-order chi connectivity index (χ1) is 6.86. The van der Waals surface area contributed by atoms with Gasteiger partial charge in [-0.2, -0.15) is 0 Å². The van der Waals surface area contributed by atoms with Gasteiger partial charge in [0.1, 0.15) is 0 Å². The van der Waals surface area contributed by atoms with Crippen LogP contribution >= 0.6 is 0 Å². The fraction of sp³-hybridized carbons (Fsp3) is 0.364. The molecule has 1 N–H and O–H groups in total. The van der Waals surface area contributed by atoms with Crippen LogP contribution in [0.1, 0.15) is 18.9 Å². The Bertz CT molecular complexity index is 360. The molecule has 0 fully saturated rings. The zero-order valence-electron chi connectivity index (χ0n) is 8.27. The van der Waals surface area contributed by atoms with Gasteiger partial charge in [0.25, 0.3) is 0 Å². The van der Waals surface area contributed by atoms with Crippen molar-refractivity contribution < 1.29 is 5.21 Å². The Morgan fingerprint density at radius 2 is 2.21 bits per heavy atom. The van der Waals surface area contributed by atoms with Crippen LogP contribution in [0, 0.1) is 0 Å². The second kappa shape index (κ2) is 3.70. The summed E-state index contributed by atoms with van der Waals surface area (Å²) in [5.41, 5.74) is 3.03. The smallest absolute Gasteiger partial charge is 0.0906 e. The minimum atomic E-state index is 0.797. The summed E-state index contributed by atoms with van der Waals surface area (Å²) in [7, 11) is 0. The Labute approximate surface area is 83.7 Å². The van der Waals surface area contributed by atoms with Crippen LogP contribution in [0.4, 0.5) is 5.69 Å². The fourth-order valence-corrected chi connectivity index (χ4v) is 1.92. The maximum atomic E-state index is 8.87. The zero-order valence-corrected chi connectivity index (χ0v) is 8.27. The van der Waals surface area contributed by atoms with Crippen molar-refractivity contribution in [3.8, 4) is 0 Å². The van der Waals surface area contributed by atoms with Crippen molar-refractivity contribution in [1.82, 2.24) is 0 Å². The normalized spacial score (nSPS) is 18.4. The Hall–Kier alpha value is -1.51. The van der Waals surface area contributed by atoms with E-state index in [0.29, 0.717) is 0 Å². The summed E-state index contributed by atoms with van der Waals surface area (Å²) >= 11 is 0. The van der Waals surface area contributed by atoms with Crippen molar-refractivity contribution in [2.24, 2.45) is 5.16 Å². The Morgan fingerprint density at radius 3 is 2.93 bits per heavy atom. The lowest BCUT2D eigenvalue weighted by molar-refractivity contribution is 0.318. The molecule has 2 rings (SSSR count). The number of benzene rings is 1. The lowest BCUT2D eigenvalue weighted by atomic mass is 10.00. The predicted molar refractivity (Wildman–Crippen MR) is 57.3 cm³/mol. The number of para-hydroxylation sites is 1. The van der Waals surface area contributed by atoms with Crippen LogP contribution in [-0.2, 0) is 0 Å². The third kappa shape index (κ3) is 1.35. The number of fused-ring (bicyclic) bond motifs is 1. The average molecular weight is 190 g/mol. The van der Waals surface area contributed by atoms with E-state index >= 15 is 0 Å². The molecule has 0 atom stereocenters. The van der Waals surface area contributed by atoms with E-state index in [1.807, 2.05) is 18.2 Å². The second-order valence-corrected chi connectivity index (χ2v) is 3.39. The van der Waals surface area contributed by atoms with E-state index in [2.05, 4.69) is 23.0 Å². The lowest BCUT2D eigenvalue weighted by Gasteiger charge is -2.30. The summed E-state index contributed by atoms with van der Waals surface area (Å²) in [6, 6.07) is 8.07. The summed E-state index contributed by atoms with van der Waals surface area (Å²) in [6.07, 6.45) is 0.821. The third-order valence-corrected chi connectivity index (χ3v) is 2.68. The third-order valence-electron chi connectivity index (χ3n) is 2.68. The molecule has 1 aromatic carbocycles. The van der Waals surface area contributed by atoms with Crippen molar-refractivity contribution >= 4 is 11.4 Å². The minimum absolute atomic E-state index is 0.797. The molecule has 14 heavy (non-hydrogen) atoms. The van der Waals surface area contributed by atoms with Gasteiger partial charge in [0.2, 0.25) is 0 Å². The SMILES string of the molecule is CCN1CCC(=NO)c2ccccc21. The van der Waals surface area contributed by atoms with Crippen LogP contribution in [0.15, 0.2) is 29.4 Å². The standard InChI is InChI=1S/C11H14N2O/c1-2-13-8-7-10(12-14)9-5-3-4-6-11(9)13/h3-6,14H,2,7-8H2,1H3. The van der Waals surface area contributed by atoms with Crippen LogP contribution in [0.3, 0.4) is 0 Å². The van der Waals surface area contributed by atoms with E-state index in [1.165, 1.54) is 5.69 Å². The highest BCUT2D eigenvalue weighted by atomic mass is 16.4. The average Bonchev–Trinajstić information content (AvgIpc) is 2.27. The first-order valence-electron chi connectivity index (χ1n) is 4.92. The van der Waals surface area contributed by atoms with E-state index in [-0.39, 0.29) is 0 Å². The number of hydrogen-bond donors (Lipinski definition) is 1. The maximum Gasteiger partial charge on any atom is 0.0906 e. The molecule has 1 aliphatic heterocycles. The van der Waals surface area contributed by atoms with Gasteiger partial charge in [0.15, 0.2) is 0 Å². The summed E-state index contributed by atoms with van der Waals surface area (Å²) in [5.74, 6) is 0. The first-order valence-corrected chi connectivity index (χ1v) is 4.92. The van der Waals surface area contributed by atoms with Gasteiger partial charge in [0, 0.05) is 30.8 Å². The van der Waals surface area contributed by atoms with Gasteiger partial charge in [-0.05, 0) is 13.0 Å². The summed E-state index contributed by atoms with van der Waals surface area (Å²) in [5, 5.41) is 12.2.